The van der Waals surface area contributed by atoms with E-state index >= 15 is 0 Å². The van der Waals surface area contributed by atoms with E-state index in [4.69, 9.17) is 0 Å². The molecule has 0 saturated heterocycles. The van der Waals surface area contributed by atoms with Crippen molar-refractivity contribution >= 4 is 39.4 Å². The van der Waals surface area contributed by atoms with Gasteiger partial charge in [0.15, 0.2) is 0 Å². The molecule has 0 fully saturated rings. The summed E-state index contributed by atoms with van der Waals surface area (Å²) in [6, 6.07) is 29.5. The Labute approximate surface area is 468 Å². The van der Waals surface area contributed by atoms with Gasteiger partial charge in [-0.2, -0.15) is 24.4 Å². The van der Waals surface area contributed by atoms with E-state index in [0.29, 0.717) is 29.6 Å². The molecule has 0 saturated carbocycles. The van der Waals surface area contributed by atoms with Crippen molar-refractivity contribution in [3.8, 4) is 11.3 Å². The van der Waals surface area contributed by atoms with E-state index in [1.54, 1.807) is 0 Å². The number of para-hydroxylation sites is 1. The zero-order chi connectivity index (χ0) is 54.9. The summed E-state index contributed by atoms with van der Waals surface area (Å²) in [7, 11) is 6.22. The number of benzene rings is 1. The summed E-state index contributed by atoms with van der Waals surface area (Å²) in [6.45, 7) is 41.6. The van der Waals surface area contributed by atoms with E-state index in [2.05, 4.69) is 169 Å². The second kappa shape index (κ2) is 39.2. The minimum atomic E-state index is 0. The molecule has 8 heterocycles. The quantitative estimate of drug-likeness (QED) is 0.123. The van der Waals surface area contributed by atoms with Crippen LogP contribution in [-0.4, -0.2) is 44.3 Å². The van der Waals surface area contributed by atoms with Crippen molar-refractivity contribution in [1.29, 1.82) is 0 Å². The van der Waals surface area contributed by atoms with Crippen LogP contribution in [0.4, 0.5) is 5.69 Å². The Morgan fingerprint density at radius 1 is 0.534 bits per heavy atom. The summed E-state index contributed by atoms with van der Waals surface area (Å²) in [5, 5.41) is 2.51. The van der Waals surface area contributed by atoms with E-state index in [1.165, 1.54) is 44.5 Å². The maximum absolute atomic E-state index is 4.55. The summed E-state index contributed by atoms with van der Waals surface area (Å²) in [5.41, 5.74) is 11.7. The van der Waals surface area contributed by atoms with Crippen molar-refractivity contribution in [1.82, 2.24) is 38.0 Å². The van der Waals surface area contributed by atoms with Crippen molar-refractivity contribution in [2.24, 2.45) is 32.1 Å². The van der Waals surface area contributed by atoms with Gasteiger partial charge in [0.05, 0.1) is 28.6 Å². The molecule has 2 aliphatic rings. The average molecular weight is 1220 g/mol. The number of fused-ring (bicyclic) bond motifs is 4. The summed E-state index contributed by atoms with van der Waals surface area (Å²) in [4.78, 5) is 21.4. The van der Waals surface area contributed by atoms with Crippen LogP contribution < -0.4 is 0 Å². The van der Waals surface area contributed by atoms with Gasteiger partial charge in [0, 0.05) is 97.9 Å². The number of nitrogens with zero attached hydrogens (tertiary/aromatic N) is 9. The van der Waals surface area contributed by atoms with Gasteiger partial charge >= 0.3 is 31.1 Å². The summed E-state index contributed by atoms with van der Waals surface area (Å²) < 4.78 is 8.53. The third-order valence-electron chi connectivity index (χ3n) is 10.3. The second-order valence-corrected chi connectivity index (χ2v) is 17.2. The van der Waals surface area contributed by atoms with Gasteiger partial charge in [0.1, 0.15) is 5.65 Å². The summed E-state index contributed by atoms with van der Waals surface area (Å²) in [5.74, 6) is 2.53. The minimum absolute atomic E-state index is 0. The Hall–Kier alpha value is -5.30. The Balaban J connectivity index is 0. The Morgan fingerprint density at radius 3 is 1.62 bits per heavy atom. The molecule has 0 N–H and O–H groups in total. The molecule has 2 aliphatic heterocycles. The number of pyridine rings is 4. The molecular weight excluding hydrogens is 1120 g/mol. The first-order valence-corrected chi connectivity index (χ1v) is 26.7. The maximum atomic E-state index is 4.55. The summed E-state index contributed by atoms with van der Waals surface area (Å²) in [6.07, 6.45) is 18.7. The number of aryl methyl sites for hydroxylation is 3. The first kappa shape index (κ1) is 69.8. The van der Waals surface area contributed by atoms with Crippen molar-refractivity contribution in [3.63, 3.8) is 0 Å². The molecule has 6 aromatic heterocycles. The van der Waals surface area contributed by atoms with Gasteiger partial charge < -0.3 is 23.1 Å². The normalized spacial score (nSPS) is 10.0. The molecule has 9 rings (SSSR count). The molecule has 10 heteroatoms. The fourth-order valence-corrected chi connectivity index (χ4v) is 6.83. The molecule has 73 heavy (non-hydrogen) atoms. The van der Waals surface area contributed by atoms with Crippen LogP contribution in [0.15, 0.2) is 133 Å². The van der Waals surface area contributed by atoms with Crippen LogP contribution in [0.5, 0.6) is 0 Å². The Morgan fingerprint density at radius 2 is 1.10 bits per heavy atom. The zero-order valence-corrected chi connectivity index (χ0v) is 53.7. The fraction of sp³-hybridized carbons (Fsp3) is 0.444. The first-order chi connectivity index (χ1) is 34.6. The van der Waals surface area contributed by atoms with Crippen LogP contribution in [0, 0.1) is 43.1 Å². The SMILES string of the molecule is CC.CC.CC.CC.CC.CC(C)[C-]=Nc1[c-]cccc1.CC(C)c1cc2ccn(C)cc-2n1.CC(C)c1cc2ccncc2n1C.CC(C)c1cc2cnccc2n1C.CC(C)c1cn2ccccc2n1.[U+2]. The number of imidazole rings is 1. The van der Waals surface area contributed by atoms with Gasteiger partial charge in [0.2, 0.25) is 0 Å². The van der Waals surface area contributed by atoms with E-state index < -0.39 is 0 Å². The molecule has 0 unspecified atom stereocenters. The van der Waals surface area contributed by atoms with E-state index in [9.17, 15) is 0 Å². The van der Waals surface area contributed by atoms with Gasteiger partial charge in [-0.05, 0) is 72.2 Å². The Kier molecular flexibility index (Phi) is 37.5. The van der Waals surface area contributed by atoms with E-state index in [1.807, 2.05) is 174 Å². The minimum Gasteiger partial charge on any atom is -0.481 e. The van der Waals surface area contributed by atoms with E-state index in [-0.39, 0.29) is 31.1 Å². The molecule has 0 spiro atoms. The molecule has 0 radical (unpaired) electrons. The molecule has 0 atom stereocenters. The number of aliphatic imine (C=N–C) groups is 1. The van der Waals surface area contributed by atoms with Crippen molar-refractivity contribution < 1.29 is 31.1 Å². The largest absolute Gasteiger partial charge is 2.00 e. The van der Waals surface area contributed by atoms with Gasteiger partial charge in [0.25, 0.3) is 0 Å². The van der Waals surface area contributed by atoms with Gasteiger partial charge in [-0.25, -0.2) is 16.7 Å². The standard InChI is InChI=1S/3C11H14N2.C10H12N2.C10H11N.5C2H6.U/c1-8(2)11-6-9-7-12-5-4-10(9)13(11)3;1-8(2)10-6-9-4-5-13(3)7-11(9)12-10;1-8(2)10-6-9-4-5-12-7-11(9)13(10)3;1-8(2)9-7-12-6-4-3-5-10(12)11-9;1-9(2)8-11-10-6-4-3-5-7-10;5*1-2;/h3*4-8H,1-3H3;3-8H,1-2H3;3-6,9H,1-2H3;5*1-2H3;/q;;;;-2;;;;;;+2. The van der Waals surface area contributed by atoms with Gasteiger partial charge in [-0.3, -0.25) is 21.0 Å². The van der Waals surface area contributed by atoms with Crippen molar-refractivity contribution in [2.75, 3.05) is 0 Å². The van der Waals surface area contributed by atoms with E-state index in [0.717, 1.165) is 22.7 Å². The van der Waals surface area contributed by atoms with Gasteiger partial charge in [-0.15, -0.1) is 0 Å². The van der Waals surface area contributed by atoms with Gasteiger partial charge in [-0.1, -0.05) is 150 Å². The molecule has 0 amide bonds. The van der Waals surface area contributed by atoms with Crippen LogP contribution in [-0.2, 0) is 21.1 Å². The van der Waals surface area contributed by atoms with Crippen molar-refractivity contribution in [2.45, 2.75) is 162 Å². The predicted molar refractivity (Wildman–Crippen MR) is 317 cm³/mol. The molecular formula is C63H95N9U. The third kappa shape index (κ3) is 23.2. The molecule has 0 bridgehead atoms. The molecule has 7 aromatic rings. The molecule has 396 valence electrons. The summed E-state index contributed by atoms with van der Waals surface area (Å²) >= 11 is 0. The van der Waals surface area contributed by atoms with Crippen LogP contribution >= 0.6 is 0 Å². The van der Waals surface area contributed by atoms with Crippen LogP contribution in [0.2, 0.25) is 0 Å². The molecule has 9 nitrogen and oxygen atoms in total. The van der Waals surface area contributed by atoms with Crippen LogP contribution in [0.3, 0.4) is 0 Å². The first-order valence-electron chi connectivity index (χ1n) is 26.7. The maximum Gasteiger partial charge on any atom is 2.00 e. The number of rotatable bonds is 6. The third-order valence-corrected chi connectivity index (χ3v) is 10.3. The predicted octanol–water partition coefficient (Wildman–Crippen LogP) is 18.4. The average Bonchev–Trinajstić information content (AvgIpc) is 4.21. The van der Waals surface area contributed by atoms with Crippen LogP contribution in [0.25, 0.3) is 38.7 Å². The molecule has 0 aliphatic carbocycles. The zero-order valence-electron chi connectivity index (χ0n) is 49.5. The molecule has 1 aromatic carbocycles. The number of hydrogen-bond acceptors (Lipinski definition) is 5. The van der Waals surface area contributed by atoms with Crippen molar-refractivity contribution in [3.05, 3.63) is 157 Å². The van der Waals surface area contributed by atoms with Crippen LogP contribution in [0.1, 0.15) is 185 Å². The topological polar surface area (TPSA) is 83.1 Å². The monoisotopic (exact) mass is 1220 g/mol. The number of aromatic nitrogens is 8. The Bertz CT molecular complexity index is 2610. The smallest absolute Gasteiger partial charge is 0.481 e. The number of hydrogen-bond donors (Lipinski definition) is 0. The fourth-order valence-electron chi connectivity index (χ4n) is 6.83. The second-order valence-electron chi connectivity index (χ2n) is 17.2.